The maximum absolute atomic E-state index is 12.1. The molecule has 0 spiro atoms. The van der Waals surface area contributed by atoms with Crippen molar-refractivity contribution >= 4 is 23.8 Å². The van der Waals surface area contributed by atoms with Crippen LogP contribution in [0.3, 0.4) is 0 Å². The Kier molecular flexibility index (Phi) is 4.13. The molecular formula is C11H18N4O4. The summed E-state index contributed by atoms with van der Waals surface area (Å²) in [6, 6.07) is -0.779. The van der Waals surface area contributed by atoms with E-state index in [1.807, 2.05) is 0 Å². The van der Waals surface area contributed by atoms with E-state index < -0.39 is 29.3 Å². The number of nitrogens with one attached hydrogen (secondary N) is 2. The van der Waals surface area contributed by atoms with Crippen LogP contribution in [0.4, 0.5) is 4.79 Å². The molecule has 0 saturated carbocycles. The summed E-state index contributed by atoms with van der Waals surface area (Å²) in [5.74, 6) is -1.45. The highest BCUT2D eigenvalue weighted by Gasteiger charge is 2.53. The third kappa shape index (κ3) is 2.67. The van der Waals surface area contributed by atoms with Crippen LogP contribution in [0.1, 0.15) is 40.5 Å². The zero-order chi connectivity index (χ0) is 14.8. The van der Waals surface area contributed by atoms with Gasteiger partial charge in [-0.3, -0.25) is 25.2 Å². The zero-order valence-corrected chi connectivity index (χ0v) is 11.4. The SMILES string of the molecule is CCC(=O)NN1C(=O)N(NC(=O)CC)C(C)(C)C1=O. The van der Waals surface area contributed by atoms with Crippen LogP contribution in [0.5, 0.6) is 0 Å². The van der Waals surface area contributed by atoms with Crippen molar-refractivity contribution in [1.29, 1.82) is 0 Å². The molecule has 1 aliphatic heterocycles. The molecule has 1 saturated heterocycles. The number of carbonyl (C=O) groups excluding carboxylic acids is 4. The van der Waals surface area contributed by atoms with Crippen LogP contribution in [0, 0.1) is 0 Å². The molecule has 19 heavy (non-hydrogen) atoms. The van der Waals surface area contributed by atoms with E-state index >= 15 is 0 Å². The fourth-order valence-electron chi connectivity index (χ4n) is 1.49. The molecule has 0 aromatic rings. The number of amides is 5. The van der Waals surface area contributed by atoms with Crippen molar-refractivity contribution in [2.45, 2.75) is 46.1 Å². The van der Waals surface area contributed by atoms with Crippen molar-refractivity contribution in [3.05, 3.63) is 0 Å². The fourth-order valence-corrected chi connectivity index (χ4v) is 1.49. The molecule has 1 aliphatic rings. The molecule has 1 heterocycles. The Hall–Kier alpha value is -2.12. The maximum atomic E-state index is 12.1. The first-order valence-corrected chi connectivity index (χ1v) is 6.03. The van der Waals surface area contributed by atoms with Gasteiger partial charge in [-0.25, -0.2) is 9.80 Å². The number of imide groups is 1. The van der Waals surface area contributed by atoms with E-state index in [9.17, 15) is 19.2 Å². The highest BCUT2D eigenvalue weighted by atomic mass is 16.2. The molecule has 0 aliphatic carbocycles. The summed E-state index contributed by atoms with van der Waals surface area (Å²) < 4.78 is 0. The second-order valence-corrected chi connectivity index (χ2v) is 4.59. The summed E-state index contributed by atoms with van der Waals surface area (Å²) in [7, 11) is 0. The Morgan fingerprint density at radius 2 is 1.53 bits per heavy atom. The van der Waals surface area contributed by atoms with Gasteiger partial charge in [-0.15, -0.1) is 0 Å². The van der Waals surface area contributed by atoms with Gasteiger partial charge >= 0.3 is 6.03 Å². The maximum Gasteiger partial charge on any atom is 0.365 e. The number of carbonyl (C=O) groups is 4. The molecular weight excluding hydrogens is 252 g/mol. The molecule has 2 N–H and O–H groups in total. The van der Waals surface area contributed by atoms with E-state index in [0.717, 1.165) is 5.01 Å². The predicted molar refractivity (Wildman–Crippen MR) is 65.0 cm³/mol. The fraction of sp³-hybridized carbons (Fsp3) is 0.636. The van der Waals surface area contributed by atoms with E-state index in [-0.39, 0.29) is 12.8 Å². The molecule has 5 amide bonds. The third-order valence-corrected chi connectivity index (χ3v) is 2.78. The summed E-state index contributed by atoms with van der Waals surface area (Å²) in [5, 5.41) is 1.55. The minimum absolute atomic E-state index is 0.138. The van der Waals surface area contributed by atoms with Crippen molar-refractivity contribution < 1.29 is 19.2 Å². The molecule has 1 fully saturated rings. The van der Waals surface area contributed by atoms with Gasteiger partial charge in [-0.2, -0.15) is 5.01 Å². The summed E-state index contributed by atoms with van der Waals surface area (Å²) in [6.07, 6.45) is 0.314. The molecule has 0 unspecified atom stereocenters. The normalized spacial score (nSPS) is 17.7. The minimum atomic E-state index is -1.25. The molecule has 0 bridgehead atoms. The van der Waals surface area contributed by atoms with Crippen LogP contribution >= 0.6 is 0 Å². The largest absolute Gasteiger partial charge is 0.365 e. The lowest BCUT2D eigenvalue weighted by Crippen LogP contribution is -2.54. The summed E-state index contributed by atoms with van der Waals surface area (Å²) in [5.41, 5.74) is 3.31. The Morgan fingerprint density at radius 1 is 1.05 bits per heavy atom. The van der Waals surface area contributed by atoms with E-state index in [0.29, 0.717) is 5.01 Å². The lowest BCUT2D eigenvalue weighted by Gasteiger charge is -2.27. The Labute approximate surface area is 111 Å². The summed E-state index contributed by atoms with van der Waals surface area (Å²) in [4.78, 5) is 46.8. The van der Waals surface area contributed by atoms with Gasteiger partial charge in [0, 0.05) is 12.8 Å². The lowest BCUT2D eigenvalue weighted by molar-refractivity contribution is -0.140. The van der Waals surface area contributed by atoms with Crippen molar-refractivity contribution in [3.63, 3.8) is 0 Å². The molecule has 0 aromatic carbocycles. The minimum Gasteiger partial charge on any atom is -0.273 e. The van der Waals surface area contributed by atoms with E-state index in [1.165, 1.54) is 13.8 Å². The second kappa shape index (κ2) is 5.25. The van der Waals surface area contributed by atoms with E-state index in [1.54, 1.807) is 13.8 Å². The average molecular weight is 270 g/mol. The number of hydrazine groups is 2. The third-order valence-electron chi connectivity index (χ3n) is 2.78. The van der Waals surface area contributed by atoms with E-state index in [4.69, 9.17) is 0 Å². The molecule has 8 nitrogen and oxygen atoms in total. The van der Waals surface area contributed by atoms with Crippen molar-refractivity contribution in [2.24, 2.45) is 0 Å². The van der Waals surface area contributed by atoms with Crippen molar-refractivity contribution in [2.75, 3.05) is 0 Å². The standard InChI is InChI=1S/C11H18N4O4/c1-5-7(16)12-14-9(18)11(3,4)15(10(14)19)13-8(17)6-2/h5-6H2,1-4H3,(H,12,16)(H,13,17). The summed E-state index contributed by atoms with van der Waals surface area (Å²) in [6.45, 7) is 6.20. The van der Waals surface area contributed by atoms with Gasteiger partial charge in [0.05, 0.1) is 0 Å². The molecule has 8 heteroatoms. The molecule has 0 radical (unpaired) electrons. The van der Waals surface area contributed by atoms with Gasteiger partial charge < -0.3 is 0 Å². The second-order valence-electron chi connectivity index (χ2n) is 4.59. The number of hydrogen-bond acceptors (Lipinski definition) is 4. The van der Waals surface area contributed by atoms with Gasteiger partial charge in [-0.05, 0) is 13.8 Å². The van der Waals surface area contributed by atoms with Crippen LogP contribution in [0.2, 0.25) is 0 Å². The van der Waals surface area contributed by atoms with E-state index in [2.05, 4.69) is 10.9 Å². The highest BCUT2D eigenvalue weighted by molar-refractivity contribution is 6.07. The first-order valence-electron chi connectivity index (χ1n) is 6.03. The van der Waals surface area contributed by atoms with Crippen LogP contribution in [0.25, 0.3) is 0 Å². The topological polar surface area (TPSA) is 98.8 Å². The van der Waals surface area contributed by atoms with Gasteiger partial charge in [-0.1, -0.05) is 13.8 Å². The summed E-state index contributed by atoms with van der Waals surface area (Å²) >= 11 is 0. The van der Waals surface area contributed by atoms with Gasteiger partial charge in [0.15, 0.2) is 0 Å². The van der Waals surface area contributed by atoms with Crippen LogP contribution in [-0.4, -0.2) is 39.3 Å². The number of hydrogen-bond donors (Lipinski definition) is 2. The highest BCUT2D eigenvalue weighted by Crippen LogP contribution is 2.24. The monoisotopic (exact) mass is 270 g/mol. The Balaban J connectivity index is 2.96. The Bertz CT molecular complexity index is 432. The lowest BCUT2D eigenvalue weighted by atomic mass is 10.1. The molecule has 106 valence electrons. The quantitative estimate of drug-likeness (QED) is 0.697. The predicted octanol–water partition coefficient (Wildman–Crippen LogP) is -0.0884. The zero-order valence-electron chi connectivity index (χ0n) is 11.4. The number of urea groups is 1. The van der Waals surface area contributed by atoms with Crippen LogP contribution < -0.4 is 10.9 Å². The number of rotatable bonds is 4. The van der Waals surface area contributed by atoms with Gasteiger partial charge in [0.25, 0.3) is 5.91 Å². The van der Waals surface area contributed by atoms with Gasteiger partial charge in [0.2, 0.25) is 11.8 Å². The molecule has 0 atom stereocenters. The molecule has 0 aromatic heterocycles. The van der Waals surface area contributed by atoms with Crippen LogP contribution in [-0.2, 0) is 14.4 Å². The first kappa shape index (κ1) is 14.9. The van der Waals surface area contributed by atoms with Crippen molar-refractivity contribution in [3.8, 4) is 0 Å². The first-order chi connectivity index (χ1) is 8.75. The average Bonchev–Trinajstić information content (AvgIpc) is 2.52. The van der Waals surface area contributed by atoms with Crippen LogP contribution in [0.15, 0.2) is 0 Å². The number of nitrogens with zero attached hydrogens (tertiary/aromatic N) is 2. The Morgan fingerprint density at radius 3 is 2.00 bits per heavy atom. The smallest absolute Gasteiger partial charge is 0.273 e. The van der Waals surface area contributed by atoms with Gasteiger partial charge in [0.1, 0.15) is 5.54 Å². The van der Waals surface area contributed by atoms with Crippen molar-refractivity contribution in [1.82, 2.24) is 20.9 Å². The molecule has 1 rings (SSSR count).